The van der Waals surface area contributed by atoms with Gasteiger partial charge in [0.15, 0.2) is 0 Å². The van der Waals surface area contributed by atoms with Crippen molar-refractivity contribution >= 4 is 14.0 Å². The first-order valence-corrected chi connectivity index (χ1v) is 10.2. The maximum Gasteiger partial charge on any atom is 0.245 e. The summed E-state index contributed by atoms with van der Waals surface area (Å²) in [6.07, 6.45) is 4.43. The Morgan fingerprint density at radius 2 is 2.11 bits per heavy atom. The summed E-state index contributed by atoms with van der Waals surface area (Å²) in [5.41, 5.74) is -1.25. The van der Waals surface area contributed by atoms with Crippen molar-refractivity contribution in [1.29, 1.82) is 0 Å². The highest BCUT2D eigenvalue weighted by Gasteiger charge is 2.48. The van der Waals surface area contributed by atoms with Crippen LogP contribution in [0.5, 0.6) is 0 Å². The number of carbonyl (C=O) groups excluding carboxylic acids is 1. The molecular weight excluding hydrogens is 246 g/mol. The molecular formula is C13H23NO3Si. The Balaban J connectivity index is 2.47. The van der Waals surface area contributed by atoms with Crippen LogP contribution in [0.2, 0.25) is 19.6 Å². The van der Waals surface area contributed by atoms with Crippen molar-refractivity contribution in [3.05, 3.63) is 11.3 Å². The fraction of sp³-hybridized carbons (Fsp3) is 0.769. The molecule has 2 heterocycles. The first-order valence-electron chi connectivity index (χ1n) is 6.67. The van der Waals surface area contributed by atoms with Gasteiger partial charge in [0.25, 0.3) is 0 Å². The van der Waals surface area contributed by atoms with E-state index in [1.54, 1.807) is 11.0 Å². The van der Waals surface area contributed by atoms with Gasteiger partial charge in [0, 0.05) is 11.7 Å². The number of aliphatic hydroxyl groups excluding tert-OH is 1. The maximum absolute atomic E-state index is 12.5. The fourth-order valence-electron chi connectivity index (χ4n) is 2.95. The number of hydrogen-bond acceptors (Lipinski definition) is 3. The van der Waals surface area contributed by atoms with Gasteiger partial charge in [-0.25, -0.2) is 0 Å². The molecule has 0 saturated carbocycles. The fourth-order valence-corrected chi connectivity index (χ4v) is 4.41. The second kappa shape index (κ2) is 4.47. The van der Waals surface area contributed by atoms with Crippen LogP contribution in [0.25, 0.3) is 0 Å². The Kier molecular flexibility index (Phi) is 3.42. The van der Waals surface area contributed by atoms with Crippen LogP contribution < -0.4 is 0 Å². The minimum absolute atomic E-state index is 0.0805. The second-order valence-corrected chi connectivity index (χ2v) is 11.5. The summed E-state index contributed by atoms with van der Waals surface area (Å²) < 4.78 is 0. The Labute approximate surface area is 109 Å². The molecule has 0 aromatic carbocycles. The van der Waals surface area contributed by atoms with E-state index < -0.39 is 13.7 Å². The number of rotatable bonds is 2. The van der Waals surface area contributed by atoms with Gasteiger partial charge in [0.1, 0.15) is 5.60 Å². The smallest absolute Gasteiger partial charge is 0.245 e. The molecule has 0 aliphatic carbocycles. The van der Waals surface area contributed by atoms with Crippen molar-refractivity contribution in [2.24, 2.45) is 0 Å². The van der Waals surface area contributed by atoms with Crippen molar-refractivity contribution in [1.82, 2.24) is 4.90 Å². The van der Waals surface area contributed by atoms with Gasteiger partial charge in [-0.1, -0.05) is 19.6 Å². The topological polar surface area (TPSA) is 60.8 Å². The van der Waals surface area contributed by atoms with E-state index in [-0.39, 0.29) is 18.6 Å². The van der Waals surface area contributed by atoms with Gasteiger partial charge in [-0.3, -0.25) is 4.79 Å². The van der Waals surface area contributed by atoms with Crippen molar-refractivity contribution in [3.63, 3.8) is 0 Å². The van der Waals surface area contributed by atoms with E-state index in [0.717, 1.165) is 24.5 Å². The lowest BCUT2D eigenvalue weighted by atomic mass is 9.84. The SMILES string of the molecule is C[Si](C)(C)C1=CC(O)(CO)C2CCCCN2C1=O. The molecule has 1 fully saturated rings. The Morgan fingerprint density at radius 3 is 2.67 bits per heavy atom. The Bertz CT molecular complexity index is 388. The van der Waals surface area contributed by atoms with Gasteiger partial charge in [-0.05, 0) is 25.3 Å². The number of fused-ring (bicyclic) bond motifs is 1. The quantitative estimate of drug-likeness (QED) is 0.733. The zero-order valence-electron chi connectivity index (χ0n) is 11.4. The average molecular weight is 269 g/mol. The molecule has 2 atom stereocenters. The molecule has 0 bridgehead atoms. The molecule has 0 radical (unpaired) electrons. The van der Waals surface area contributed by atoms with Crippen LogP contribution >= 0.6 is 0 Å². The summed E-state index contributed by atoms with van der Waals surface area (Å²) in [4.78, 5) is 14.3. The first-order chi connectivity index (χ1) is 8.29. The van der Waals surface area contributed by atoms with Gasteiger partial charge >= 0.3 is 0 Å². The van der Waals surface area contributed by atoms with Crippen LogP contribution in [0.4, 0.5) is 0 Å². The van der Waals surface area contributed by atoms with E-state index >= 15 is 0 Å². The predicted octanol–water partition coefficient (Wildman–Crippen LogP) is 0.908. The molecule has 2 aliphatic rings. The van der Waals surface area contributed by atoms with Crippen molar-refractivity contribution < 1.29 is 15.0 Å². The third-order valence-corrected chi connectivity index (χ3v) is 6.00. The summed E-state index contributed by atoms with van der Waals surface area (Å²) >= 11 is 0. The summed E-state index contributed by atoms with van der Waals surface area (Å²) in [5, 5.41) is 20.9. The van der Waals surface area contributed by atoms with Gasteiger partial charge < -0.3 is 15.1 Å². The van der Waals surface area contributed by atoms with Crippen LogP contribution in [0, 0.1) is 0 Å². The molecule has 2 rings (SSSR count). The van der Waals surface area contributed by atoms with Gasteiger partial charge in [-0.15, -0.1) is 0 Å². The Hall–Kier alpha value is -0.653. The number of amides is 1. The van der Waals surface area contributed by atoms with E-state index in [9.17, 15) is 15.0 Å². The number of nitrogens with zero attached hydrogens (tertiary/aromatic N) is 1. The minimum atomic E-state index is -1.80. The van der Waals surface area contributed by atoms with Crippen LogP contribution in [0.15, 0.2) is 11.3 Å². The largest absolute Gasteiger partial charge is 0.393 e. The highest BCUT2D eigenvalue weighted by atomic mass is 28.3. The first kappa shape index (κ1) is 13.8. The molecule has 0 aromatic heterocycles. The average Bonchev–Trinajstić information content (AvgIpc) is 2.33. The third-order valence-electron chi connectivity index (χ3n) is 4.03. The lowest BCUT2D eigenvalue weighted by Crippen LogP contribution is -2.62. The zero-order chi connectivity index (χ0) is 13.6. The number of hydrogen-bond donors (Lipinski definition) is 2. The molecule has 1 amide bonds. The highest BCUT2D eigenvalue weighted by Crippen LogP contribution is 2.35. The lowest BCUT2D eigenvalue weighted by molar-refractivity contribution is -0.141. The summed E-state index contributed by atoms with van der Waals surface area (Å²) in [5.74, 6) is 0.0805. The van der Waals surface area contributed by atoms with E-state index in [4.69, 9.17) is 0 Å². The van der Waals surface area contributed by atoms with Crippen LogP contribution in [0.3, 0.4) is 0 Å². The van der Waals surface area contributed by atoms with Gasteiger partial charge in [0.2, 0.25) is 5.91 Å². The van der Waals surface area contributed by atoms with E-state index in [0.29, 0.717) is 6.54 Å². The molecule has 2 unspecified atom stereocenters. The van der Waals surface area contributed by atoms with Crippen LogP contribution in [-0.4, -0.2) is 53.9 Å². The zero-order valence-corrected chi connectivity index (χ0v) is 12.4. The summed E-state index contributed by atoms with van der Waals surface area (Å²) in [6.45, 7) is 6.68. The monoisotopic (exact) mass is 269 g/mol. The van der Waals surface area contributed by atoms with Crippen molar-refractivity contribution in [2.75, 3.05) is 13.2 Å². The maximum atomic E-state index is 12.5. The molecule has 0 spiro atoms. The van der Waals surface area contributed by atoms with Crippen molar-refractivity contribution in [2.45, 2.75) is 50.5 Å². The molecule has 5 heteroatoms. The third kappa shape index (κ3) is 2.15. The molecule has 18 heavy (non-hydrogen) atoms. The number of aliphatic hydroxyl groups is 2. The molecule has 0 aromatic rings. The number of piperidine rings is 1. The van der Waals surface area contributed by atoms with E-state index in [1.165, 1.54) is 0 Å². The lowest BCUT2D eigenvalue weighted by Gasteiger charge is -2.48. The predicted molar refractivity (Wildman–Crippen MR) is 72.8 cm³/mol. The number of carbonyl (C=O) groups is 1. The molecule has 2 aliphatic heterocycles. The van der Waals surface area contributed by atoms with Gasteiger partial charge in [0.05, 0.1) is 20.7 Å². The minimum Gasteiger partial charge on any atom is -0.393 e. The molecule has 2 N–H and O–H groups in total. The van der Waals surface area contributed by atoms with Crippen molar-refractivity contribution in [3.8, 4) is 0 Å². The molecule has 102 valence electrons. The van der Waals surface area contributed by atoms with Crippen LogP contribution in [-0.2, 0) is 4.79 Å². The second-order valence-electron chi connectivity index (χ2n) is 6.47. The molecule has 1 saturated heterocycles. The molecule has 4 nitrogen and oxygen atoms in total. The van der Waals surface area contributed by atoms with E-state index in [1.807, 2.05) is 0 Å². The summed E-state index contributed by atoms with van der Waals surface area (Å²) in [7, 11) is -1.80. The summed E-state index contributed by atoms with van der Waals surface area (Å²) in [6, 6.07) is -0.246. The highest BCUT2D eigenvalue weighted by molar-refractivity contribution is 6.87. The Morgan fingerprint density at radius 1 is 1.44 bits per heavy atom. The normalized spacial score (nSPS) is 33.2. The standard InChI is InChI=1S/C13H23NO3Si/c1-18(2,3)10-8-13(17,9-15)11-6-4-5-7-14(11)12(10)16/h8,11,15,17H,4-7,9H2,1-3H3. The van der Waals surface area contributed by atoms with Crippen LogP contribution in [0.1, 0.15) is 19.3 Å². The van der Waals surface area contributed by atoms with Gasteiger partial charge in [-0.2, -0.15) is 0 Å². The van der Waals surface area contributed by atoms with E-state index in [2.05, 4.69) is 19.6 Å².